The first kappa shape index (κ1) is 15.3. The first-order valence-corrected chi connectivity index (χ1v) is 5.40. The highest BCUT2D eigenvalue weighted by molar-refractivity contribution is 5.85. The number of rotatable bonds is 1. The van der Waals surface area contributed by atoms with E-state index >= 15 is 0 Å². The summed E-state index contributed by atoms with van der Waals surface area (Å²) in [5, 5.41) is 9.58. The minimum absolute atomic E-state index is 0.0422. The van der Waals surface area contributed by atoms with Gasteiger partial charge in [-0.15, -0.1) is 0 Å². The Bertz CT molecular complexity index is 466. The summed E-state index contributed by atoms with van der Waals surface area (Å²) in [5.74, 6) is 0. The third kappa shape index (κ3) is 4.44. The van der Waals surface area contributed by atoms with Crippen LogP contribution < -0.4 is 5.06 Å². The van der Waals surface area contributed by atoms with Crippen molar-refractivity contribution in [1.82, 2.24) is 0 Å². The number of nitrogens with zero attached hydrogens (tertiary/aromatic N) is 1. The van der Waals surface area contributed by atoms with Gasteiger partial charge < -0.3 is 4.74 Å². The molecule has 0 aliphatic rings. The maximum Gasteiger partial charge on any atom is 0.439 e. The molecular weight excluding hydrogens is 263 g/mol. The minimum atomic E-state index is -4.55. The van der Waals surface area contributed by atoms with Crippen molar-refractivity contribution in [3.05, 3.63) is 29.8 Å². The van der Waals surface area contributed by atoms with Crippen molar-refractivity contribution >= 4 is 11.8 Å². The predicted octanol–water partition coefficient (Wildman–Crippen LogP) is 3.84. The zero-order chi connectivity index (χ0) is 14.8. The molecule has 0 atom stereocenters. The summed E-state index contributed by atoms with van der Waals surface area (Å²) >= 11 is 0. The molecule has 0 fully saturated rings. The summed E-state index contributed by atoms with van der Waals surface area (Å²) in [6.07, 6.45) is -5.70. The molecule has 0 spiro atoms. The third-order valence-corrected chi connectivity index (χ3v) is 1.98. The molecule has 0 aliphatic carbocycles. The van der Waals surface area contributed by atoms with E-state index in [1.165, 1.54) is 6.07 Å². The molecule has 106 valence electrons. The largest absolute Gasteiger partial charge is 0.442 e. The van der Waals surface area contributed by atoms with Crippen LogP contribution >= 0.6 is 0 Å². The zero-order valence-electron chi connectivity index (χ0n) is 10.7. The molecule has 1 aromatic carbocycles. The predicted molar refractivity (Wildman–Crippen MR) is 61.9 cm³/mol. The lowest BCUT2D eigenvalue weighted by atomic mass is 10.2. The molecule has 0 unspecified atom stereocenters. The van der Waals surface area contributed by atoms with Gasteiger partial charge in [0.15, 0.2) is 0 Å². The van der Waals surface area contributed by atoms with Crippen LogP contribution in [-0.2, 0) is 10.9 Å². The highest BCUT2D eigenvalue weighted by Gasteiger charge is 2.31. The molecule has 4 nitrogen and oxygen atoms in total. The van der Waals surface area contributed by atoms with E-state index in [9.17, 15) is 23.2 Å². The van der Waals surface area contributed by atoms with Crippen molar-refractivity contribution in [2.45, 2.75) is 32.5 Å². The Kier molecular flexibility index (Phi) is 4.09. The number of ether oxygens (including phenoxy) is 1. The van der Waals surface area contributed by atoms with Crippen molar-refractivity contribution < 1.29 is 27.9 Å². The number of amides is 1. The Morgan fingerprint density at radius 1 is 1.26 bits per heavy atom. The van der Waals surface area contributed by atoms with E-state index in [4.69, 9.17) is 4.74 Å². The first-order valence-electron chi connectivity index (χ1n) is 5.40. The smallest absolute Gasteiger partial charge is 0.439 e. The lowest BCUT2D eigenvalue weighted by molar-refractivity contribution is -0.137. The van der Waals surface area contributed by atoms with Gasteiger partial charge in [0.25, 0.3) is 0 Å². The molecule has 0 radical (unpaired) electrons. The second kappa shape index (κ2) is 5.08. The van der Waals surface area contributed by atoms with E-state index in [1.807, 2.05) is 0 Å². The zero-order valence-corrected chi connectivity index (χ0v) is 10.7. The summed E-state index contributed by atoms with van der Waals surface area (Å²) in [6, 6.07) is 3.75. The fraction of sp³-hybridized carbons (Fsp3) is 0.417. The summed E-state index contributed by atoms with van der Waals surface area (Å²) in [6.45, 7) is 4.72. The highest BCUT2D eigenvalue weighted by atomic mass is 19.4. The van der Waals surface area contributed by atoms with Gasteiger partial charge in [-0.05, 0) is 39.0 Å². The Labute approximate surface area is 108 Å². The number of benzene rings is 1. The van der Waals surface area contributed by atoms with Crippen LogP contribution in [0.2, 0.25) is 0 Å². The molecule has 0 aliphatic heterocycles. The van der Waals surface area contributed by atoms with E-state index in [1.54, 1.807) is 20.8 Å². The number of hydroxylamine groups is 1. The lowest BCUT2D eigenvalue weighted by Crippen LogP contribution is -2.34. The molecule has 0 saturated carbocycles. The van der Waals surface area contributed by atoms with Gasteiger partial charge in [-0.3, -0.25) is 5.21 Å². The molecular formula is C12H14F3NO3. The molecule has 0 saturated heterocycles. The summed E-state index contributed by atoms with van der Waals surface area (Å²) in [7, 11) is 0. The average Bonchev–Trinajstić information content (AvgIpc) is 2.24. The van der Waals surface area contributed by atoms with E-state index in [2.05, 4.69) is 0 Å². The molecule has 1 aromatic rings. The number of carbonyl (C=O) groups is 1. The second-order valence-electron chi connectivity index (χ2n) is 4.84. The van der Waals surface area contributed by atoms with Crippen molar-refractivity contribution in [1.29, 1.82) is 0 Å². The normalized spacial score (nSPS) is 12.2. The van der Waals surface area contributed by atoms with Gasteiger partial charge in [-0.1, -0.05) is 6.07 Å². The molecule has 0 heterocycles. The summed E-state index contributed by atoms with van der Waals surface area (Å²) in [5.41, 5.74) is -2.14. The first-order chi connectivity index (χ1) is 8.50. The average molecular weight is 277 g/mol. The van der Waals surface area contributed by atoms with Crippen molar-refractivity contribution in [3.8, 4) is 0 Å². The fourth-order valence-electron chi connectivity index (χ4n) is 1.22. The third-order valence-electron chi connectivity index (χ3n) is 1.98. The van der Waals surface area contributed by atoms with Crippen LogP contribution in [0.5, 0.6) is 0 Å². The standard InChI is InChI=1S/C12H14F3NO3/c1-11(2,3)19-10(17)16(18)9-6-4-5-8(7-9)12(13,14)15/h4-7,18H,1-3H3. The van der Waals surface area contributed by atoms with Crippen molar-refractivity contribution in [2.24, 2.45) is 0 Å². The van der Waals surface area contributed by atoms with E-state index < -0.39 is 23.4 Å². The van der Waals surface area contributed by atoms with E-state index in [-0.39, 0.29) is 10.8 Å². The van der Waals surface area contributed by atoms with Crippen molar-refractivity contribution in [3.63, 3.8) is 0 Å². The molecule has 19 heavy (non-hydrogen) atoms. The van der Waals surface area contributed by atoms with Crippen LogP contribution in [0.25, 0.3) is 0 Å². The molecule has 0 bridgehead atoms. The number of carbonyl (C=O) groups excluding carboxylic acids is 1. The monoisotopic (exact) mass is 277 g/mol. The van der Waals surface area contributed by atoms with Gasteiger partial charge in [-0.25, -0.2) is 4.79 Å². The van der Waals surface area contributed by atoms with Gasteiger partial charge in [0.1, 0.15) is 5.60 Å². The van der Waals surface area contributed by atoms with Crippen molar-refractivity contribution in [2.75, 3.05) is 5.06 Å². The van der Waals surface area contributed by atoms with Crippen LogP contribution in [-0.4, -0.2) is 16.9 Å². The van der Waals surface area contributed by atoms with Gasteiger partial charge in [0.05, 0.1) is 11.3 Å². The summed E-state index contributed by atoms with van der Waals surface area (Å²) in [4.78, 5) is 11.5. The van der Waals surface area contributed by atoms with Gasteiger partial charge >= 0.3 is 12.3 Å². The fourth-order valence-corrected chi connectivity index (χ4v) is 1.22. The topological polar surface area (TPSA) is 49.8 Å². The van der Waals surface area contributed by atoms with Crippen LogP contribution in [0, 0.1) is 0 Å². The summed E-state index contributed by atoms with van der Waals surface area (Å²) < 4.78 is 42.3. The Morgan fingerprint density at radius 3 is 2.32 bits per heavy atom. The second-order valence-corrected chi connectivity index (χ2v) is 4.84. The minimum Gasteiger partial charge on any atom is -0.442 e. The van der Waals surface area contributed by atoms with Crippen LogP contribution in [0.1, 0.15) is 26.3 Å². The Balaban J connectivity index is 2.95. The SMILES string of the molecule is CC(C)(C)OC(=O)N(O)c1cccc(C(F)(F)F)c1. The quantitative estimate of drug-likeness (QED) is 0.626. The van der Waals surface area contributed by atoms with Gasteiger partial charge in [0, 0.05) is 0 Å². The lowest BCUT2D eigenvalue weighted by Gasteiger charge is -2.23. The molecule has 1 rings (SSSR count). The van der Waals surface area contributed by atoms with Gasteiger partial charge in [0.2, 0.25) is 0 Å². The Morgan fingerprint density at radius 2 is 1.84 bits per heavy atom. The number of anilines is 1. The Hall–Kier alpha value is -1.76. The number of hydrogen-bond acceptors (Lipinski definition) is 3. The van der Waals surface area contributed by atoms with Crippen LogP contribution in [0.15, 0.2) is 24.3 Å². The number of hydrogen-bond donors (Lipinski definition) is 1. The maximum atomic E-state index is 12.5. The van der Waals surface area contributed by atoms with Crippen LogP contribution in [0.4, 0.5) is 23.7 Å². The molecule has 1 N–H and O–H groups in total. The highest BCUT2D eigenvalue weighted by Crippen LogP contribution is 2.31. The van der Waals surface area contributed by atoms with Crippen LogP contribution in [0.3, 0.4) is 0 Å². The number of alkyl halides is 3. The number of halogens is 3. The molecule has 0 aromatic heterocycles. The maximum absolute atomic E-state index is 12.5. The van der Waals surface area contributed by atoms with Gasteiger partial charge in [-0.2, -0.15) is 18.2 Å². The molecule has 1 amide bonds. The van der Waals surface area contributed by atoms with E-state index in [0.717, 1.165) is 12.1 Å². The molecule has 7 heteroatoms. The van der Waals surface area contributed by atoms with E-state index in [0.29, 0.717) is 6.07 Å².